The minimum absolute atomic E-state index is 0.486. The minimum atomic E-state index is 0.486. The molecule has 2 heterocycles. The molecule has 0 spiro atoms. The van der Waals surface area contributed by atoms with Crippen molar-refractivity contribution < 1.29 is 0 Å². The molecule has 1 N–H and O–H groups in total. The van der Waals surface area contributed by atoms with E-state index in [2.05, 4.69) is 54.3 Å². The molecule has 0 radical (unpaired) electrons. The molecule has 1 aliphatic heterocycles. The van der Waals surface area contributed by atoms with Gasteiger partial charge < -0.3 is 5.32 Å². The van der Waals surface area contributed by atoms with Crippen LogP contribution in [0.2, 0.25) is 0 Å². The molecule has 2 atom stereocenters. The van der Waals surface area contributed by atoms with Gasteiger partial charge in [-0.05, 0) is 57.3 Å². The molecule has 0 saturated carbocycles. The molecular formula is C17H29N3. The maximum Gasteiger partial charge on any atom is 0.126 e. The Morgan fingerprint density at radius 1 is 1.35 bits per heavy atom. The van der Waals surface area contributed by atoms with Crippen molar-refractivity contribution in [1.82, 2.24) is 9.88 Å². The van der Waals surface area contributed by atoms with Crippen molar-refractivity contribution in [3.05, 3.63) is 23.9 Å². The Hall–Kier alpha value is -1.09. The predicted octanol–water partition coefficient (Wildman–Crippen LogP) is 4.23. The third-order valence-electron chi connectivity index (χ3n) is 4.30. The Balaban J connectivity index is 2.03. The molecule has 1 fully saturated rings. The van der Waals surface area contributed by atoms with Crippen molar-refractivity contribution in [2.75, 3.05) is 18.4 Å². The first-order valence-electron chi connectivity index (χ1n) is 8.21. The predicted molar refractivity (Wildman–Crippen MR) is 86.1 cm³/mol. The first-order valence-corrected chi connectivity index (χ1v) is 8.21. The number of rotatable bonds is 6. The highest BCUT2D eigenvalue weighted by atomic mass is 15.2. The average molecular weight is 275 g/mol. The van der Waals surface area contributed by atoms with E-state index in [9.17, 15) is 0 Å². The normalized spacial score (nSPS) is 21.6. The summed E-state index contributed by atoms with van der Waals surface area (Å²) in [4.78, 5) is 7.23. The highest BCUT2D eigenvalue weighted by Gasteiger charge is 2.23. The number of nitrogens with one attached hydrogen (secondary N) is 1. The molecule has 1 aromatic rings. The quantitative estimate of drug-likeness (QED) is 0.842. The van der Waals surface area contributed by atoms with E-state index in [0.717, 1.165) is 12.2 Å². The largest absolute Gasteiger partial charge is 0.368 e. The molecule has 0 aromatic carbocycles. The molecule has 0 aliphatic carbocycles. The van der Waals surface area contributed by atoms with E-state index in [1.165, 1.54) is 44.3 Å². The SMILES string of the molecule is CCCN1CCCC[C@H]1c1ccc(N[C@H](C)CC)nc1. The third kappa shape index (κ3) is 3.95. The second kappa shape index (κ2) is 7.63. The summed E-state index contributed by atoms with van der Waals surface area (Å²) in [6.07, 6.45) is 8.40. The Morgan fingerprint density at radius 2 is 2.20 bits per heavy atom. The molecule has 1 aliphatic rings. The summed E-state index contributed by atoms with van der Waals surface area (Å²) < 4.78 is 0. The number of nitrogens with zero attached hydrogens (tertiary/aromatic N) is 2. The molecule has 1 aromatic heterocycles. The number of hydrogen-bond donors (Lipinski definition) is 1. The molecule has 3 heteroatoms. The Labute approximate surface area is 123 Å². The Morgan fingerprint density at radius 3 is 2.85 bits per heavy atom. The van der Waals surface area contributed by atoms with Crippen LogP contribution in [0.25, 0.3) is 0 Å². The van der Waals surface area contributed by atoms with Crippen LogP contribution in [0.4, 0.5) is 5.82 Å². The number of likely N-dealkylation sites (tertiary alicyclic amines) is 1. The van der Waals surface area contributed by atoms with E-state index in [4.69, 9.17) is 0 Å². The van der Waals surface area contributed by atoms with Crippen molar-refractivity contribution in [2.45, 2.75) is 65.0 Å². The molecule has 0 bridgehead atoms. The molecule has 2 rings (SSSR count). The first-order chi connectivity index (χ1) is 9.74. The highest BCUT2D eigenvalue weighted by molar-refractivity contribution is 5.37. The van der Waals surface area contributed by atoms with Gasteiger partial charge in [-0.1, -0.05) is 26.3 Å². The lowest BCUT2D eigenvalue weighted by molar-refractivity contribution is 0.149. The van der Waals surface area contributed by atoms with Gasteiger partial charge in [-0.2, -0.15) is 0 Å². The maximum absolute atomic E-state index is 4.60. The lowest BCUT2D eigenvalue weighted by Crippen LogP contribution is -2.34. The van der Waals surface area contributed by atoms with Gasteiger partial charge in [0.25, 0.3) is 0 Å². The van der Waals surface area contributed by atoms with Gasteiger partial charge in [0.1, 0.15) is 5.82 Å². The number of aromatic nitrogens is 1. The van der Waals surface area contributed by atoms with Crippen LogP contribution < -0.4 is 5.32 Å². The highest BCUT2D eigenvalue weighted by Crippen LogP contribution is 2.30. The van der Waals surface area contributed by atoms with E-state index < -0.39 is 0 Å². The monoisotopic (exact) mass is 275 g/mol. The topological polar surface area (TPSA) is 28.2 Å². The van der Waals surface area contributed by atoms with Crippen LogP contribution in [-0.4, -0.2) is 29.0 Å². The van der Waals surface area contributed by atoms with Crippen molar-refractivity contribution in [3.63, 3.8) is 0 Å². The first kappa shape index (κ1) is 15.3. The molecule has 0 unspecified atom stereocenters. The molecule has 112 valence electrons. The van der Waals surface area contributed by atoms with Gasteiger partial charge in [0, 0.05) is 18.3 Å². The van der Waals surface area contributed by atoms with E-state index in [-0.39, 0.29) is 0 Å². The summed E-state index contributed by atoms with van der Waals surface area (Å²) in [6.45, 7) is 9.10. The fourth-order valence-electron chi connectivity index (χ4n) is 2.97. The summed E-state index contributed by atoms with van der Waals surface area (Å²) in [5.41, 5.74) is 1.38. The van der Waals surface area contributed by atoms with Crippen LogP contribution in [0.5, 0.6) is 0 Å². The third-order valence-corrected chi connectivity index (χ3v) is 4.30. The summed E-state index contributed by atoms with van der Waals surface area (Å²) in [5.74, 6) is 1.00. The average Bonchev–Trinajstić information content (AvgIpc) is 2.49. The van der Waals surface area contributed by atoms with E-state index in [1.807, 2.05) is 0 Å². The second-order valence-corrected chi connectivity index (χ2v) is 5.98. The van der Waals surface area contributed by atoms with Gasteiger partial charge in [-0.25, -0.2) is 4.98 Å². The van der Waals surface area contributed by atoms with Crippen LogP contribution in [0.15, 0.2) is 18.3 Å². The molecular weight excluding hydrogens is 246 g/mol. The lowest BCUT2D eigenvalue weighted by atomic mass is 9.96. The zero-order valence-electron chi connectivity index (χ0n) is 13.2. The van der Waals surface area contributed by atoms with Gasteiger partial charge in [0.2, 0.25) is 0 Å². The van der Waals surface area contributed by atoms with Crippen LogP contribution >= 0.6 is 0 Å². The number of hydrogen-bond acceptors (Lipinski definition) is 3. The zero-order chi connectivity index (χ0) is 14.4. The fourth-order valence-corrected chi connectivity index (χ4v) is 2.97. The summed E-state index contributed by atoms with van der Waals surface area (Å²) in [6, 6.07) is 5.46. The van der Waals surface area contributed by atoms with Gasteiger partial charge in [-0.15, -0.1) is 0 Å². The number of pyridine rings is 1. The smallest absolute Gasteiger partial charge is 0.126 e. The van der Waals surface area contributed by atoms with Crippen molar-refractivity contribution in [1.29, 1.82) is 0 Å². The van der Waals surface area contributed by atoms with Gasteiger partial charge in [0.15, 0.2) is 0 Å². The van der Waals surface area contributed by atoms with Crippen LogP contribution in [0.3, 0.4) is 0 Å². The minimum Gasteiger partial charge on any atom is -0.368 e. The van der Waals surface area contributed by atoms with Crippen LogP contribution in [0, 0.1) is 0 Å². The van der Waals surface area contributed by atoms with Gasteiger partial charge >= 0.3 is 0 Å². The van der Waals surface area contributed by atoms with Crippen molar-refractivity contribution in [3.8, 4) is 0 Å². The standard InChI is InChI=1S/C17H29N3/c1-4-11-20-12-7-6-8-16(20)15-9-10-17(18-13-15)19-14(3)5-2/h9-10,13-14,16H,4-8,11-12H2,1-3H3,(H,18,19)/t14-,16+/m1/s1. The second-order valence-electron chi connectivity index (χ2n) is 5.98. The summed E-state index contributed by atoms with van der Waals surface area (Å²) in [5, 5.41) is 3.43. The van der Waals surface area contributed by atoms with Crippen molar-refractivity contribution in [2.24, 2.45) is 0 Å². The Bertz CT molecular complexity index is 386. The summed E-state index contributed by atoms with van der Waals surface area (Å²) >= 11 is 0. The Kier molecular flexibility index (Phi) is 5.84. The van der Waals surface area contributed by atoms with E-state index in [1.54, 1.807) is 0 Å². The maximum atomic E-state index is 4.60. The van der Waals surface area contributed by atoms with E-state index in [0.29, 0.717) is 12.1 Å². The fraction of sp³-hybridized carbons (Fsp3) is 0.706. The van der Waals surface area contributed by atoms with E-state index >= 15 is 0 Å². The van der Waals surface area contributed by atoms with Crippen LogP contribution in [0.1, 0.15) is 64.5 Å². The number of piperidine rings is 1. The molecule has 0 amide bonds. The van der Waals surface area contributed by atoms with Gasteiger partial charge in [-0.3, -0.25) is 4.90 Å². The number of anilines is 1. The molecule has 3 nitrogen and oxygen atoms in total. The molecule has 1 saturated heterocycles. The summed E-state index contributed by atoms with van der Waals surface area (Å²) in [7, 11) is 0. The van der Waals surface area contributed by atoms with Crippen LogP contribution in [-0.2, 0) is 0 Å². The van der Waals surface area contributed by atoms with Gasteiger partial charge in [0.05, 0.1) is 0 Å². The van der Waals surface area contributed by atoms with Crippen molar-refractivity contribution >= 4 is 5.82 Å². The lowest BCUT2D eigenvalue weighted by Gasteiger charge is -2.35. The molecule has 20 heavy (non-hydrogen) atoms. The zero-order valence-corrected chi connectivity index (χ0v) is 13.2.